The van der Waals surface area contributed by atoms with Gasteiger partial charge in [0.15, 0.2) is 5.69 Å². The minimum Gasteiger partial charge on any atom is -0.382 e. The highest BCUT2D eigenvalue weighted by Gasteiger charge is 2.11. The molecule has 0 aliphatic carbocycles. The fraction of sp³-hybridized carbons (Fsp3) is 0.0833. The number of benzene rings is 1. The van der Waals surface area contributed by atoms with Gasteiger partial charge in [-0.15, -0.1) is 10.2 Å². The number of nitrogens with two attached hydrogens (primary N) is 2. The maximum absolute atomic E-state index is 13.0. The molecule has 98 valence electrons. The summed E-state index contributed by atoms with van der Waals surface area (Å²) < 4.78 is 13.0. The molecule has 0 unspecified atom stereocenters. The number of rotatable bonds is 4. The zero-order valence-electron chi connectivity index (χ0n) is 9.93. The molecule has 7 heteroatoms. The van der Waals surface area contributed by atoms with Crippen molar-refractivity contribution in [3.05, 3.63) is 47.4 Å². The molecule has 2 rings (SSSR count). The van der Waals surface area contributed by atoms with Gasteiger partial charge in [-0.25, -0.2) is 4.39 Å². The van der Waals surface area contributed by atoms with E-state index in [1.54, 1.807) is 12.1 Å². The Balaban J connectivity index is 2.19. The lowest BCUT2D eigenvalue weighted by atomic mass is 10.2. The number of amides is 1. The number of aromatic nitrogens is 2. The van der Waals surface area contributed by atoms with Gasteiger partial charge in [0.1, 0.15) is 11.6 Å². The highest BCUT2D eigenvalue weighted by Crippen LogP contribution is 2.15. The van der Waals surface area contributed by atoms with Gasteiger partial charge >= 0.3 is 0 Å². The highest BCUT2D eigenvalue weighted by atomic mass is 19.1. The van der Waals surface area contributed by atoms with Crippen molar-refractivity contribution < 1.29 is 9.18 Å². The van der Waals surface area contributed by atoms with Crippen molar-refractivity contribution in [2.24, 2.45) is 5.73 Å². The molecule has 1 heterocycles. The van der Waals surface area contributed by atoms with Crippen molar-refractivity contribution in [3.8, 4) is 0 Å². The largest absolute Gasteiger partial charge is 0.382 e. The van der Waals surface area contributed by atoms with Gasteiger partial charge in [-0.05, 0) is 17.7 Å². The van der Waals surface area contributed by atoms with Crippen molar-refractivity contribution in [2.75, 3.05) is 11.1 Å². The van der Waals surface area contributed by atoms with E-state index in [1.165, 1.54) is 18.2 Å². The fourth-order valence-corrected chi connectivity index (χ4v) is 1.57. The first kappa shape index (κ1) is 12.7. The quantitative estimate of drug-likeness (QED) is 0.758. The number of nitrogens with zero attached hydrogens (tertiary/aromatic N) is 2. The van der Waals surface area contributed by atoms with Crippen LogP contribution in [-0.2, 0) is 6.54 Å². The van der Waals surface area contributed by atoms with E-state index in [0.29, 0.717) is 17.8 Å². The predicted molar refractivity (Wildman–Crippen MR) is 68.7 cm³/mol. The Kier molecular flexibility index (Phi) is 3.56. The smallest absolute Gasteiger partial charge is 0.271 e. The van der Waals surface area contributed by atoms with Crippen molar-refractivity contribution in [2.45, 2.75) is 6.54 Å². The van der Waals surface area contributed by atoms with Gasteiger partial charge in [0.05, 0.1) is 5.69 Å². The van der Waals surface area contributed by atoms with Crippen LogP contribution in [0.15, 0.2) is 30.3 Å². The molecule has 0 saturated carbocycles. The lowest BCUT2D eigenvalue weighted by Crippen LogP contribution is -2.17. The molecular weight excluding hydrogens is 249 g/mol. The molecule has 0 bridgehead atoms. The van der Waals surface area contributed by atoms with E-state index < -0.39 is 5.91 Å². The maximum atomic E-state index is 13.0. The van der Waals surface area contributed by atoms with Crippen LogP contribution in [0, 0.1) is 5.82 Å². The standard InChI is InChI=1S/C12H12FN5O/c13-8-3-1-2-7(4-8)6-16-9-5-10(14)17-18-11(9)12(15)19/h1-5H,6H2,(H2,15,19)(H3,14,16,17). The first-order valence-electron chi connectivity index (χ1n) is 5.47. The third-order valence-electron chi connectivity index (χ3n) is 2.42. The van der Waals surface area contributed by atoms with Gasteiger partial charge in [0.2, 0.25) is 0 Å². The summed E-state index contributed by atoms with van der Waals surface area (Å²) in [5.41, 5.74) is 11.7. The second kappa shape index (κ2) is 5.30. The van der Waals surface area contributed by atoms with E-state index >= 15 is 0 Å². The van der Waals surface area contributed by atoms with E-state index in [9.17, 15) is 9.18 Å². The van der Waals surface area contributed by atoms with Crippen LogP contribution >= 0.6 is 0 Å². The summed E-state index contributed by atoms with van der Waals surface area (Å²) in [6, 6.07) is 7.53. The number of nitrogens with one attached hydrogen (secondary N) is 1. The van der Waals surface area contributed by atoms with Crippen molar-refractivity contribution in [3.63, 3.8) is 0 Å². The van der Waals surface area contributed by atoms with Crippen molar-refractivity contribution in [1.29, 1.82) is 0 Å². The van der Waals surface area contributed by atoms with Gasteiger partial charge in [-0.1, -0.05) is 12.1 Å². The first-order chi connectivity index (χ1) is 9.06. The molecule has 2 aromatic rings. The predicted octanol–water partition coefficient (Wildman–Crippen LogP) is 0.909. The van der Waals surface area contributed by atoms with Crippen molar-refractivity contribution in [1.82, 2.24) is 10.2 Å². The van der Waals surface area contributed by atoms with Gasteiger partial charge in [0, 0.05) is 12.6 Å². The number of carbonyl (C=O) groups is 1. The highest BCUT2D eigenvalue weighted by molar-refractivity contribution is 5.96. The maximum Gasteiger partial charge on any atom is 0.271 e. The summed E-state index contributed by atoms with van der Waals surface area (Å²) in [5.74, 6) is -0.886. The Hall–Kier alpha value is -2.70. The number of nitrogen functional groups attached to an aromatic ring is 1. The fourth-order valence-electron chi connectivity index (χ4n) is 1.57. The van der Waals surface area contributed by atoms with E-state index in [-0.39, 0.29) is 17.3 Å². The molecule has 0 atom stereocenters. The van der Waals surface area contributed by atoms with Crippen molar-refractivity contribution >= 4 is 17.4 Å². The molecule has 1 aromatic heterocycles. The van der Waals surface area contributed by atoms with Crippen LogP contribution in [0.25, 0.3) is 0 Å². The number of hydrogen-bond acceptors (Lipinski definition) is 5. The Morgan fingerprint density at radius 3 is 2.79 bits per heavy atom. The second-order valence-corrected chi connectivity index (χ2v) is 3.88. The SMILES string of the molecule is NC(=O)c1nnc(N)cc1NCc1cccc(F)c1. The molecule has 0 aliphatic rings. The molecule has 6 nitrogen and oxygen atoms in total. The van der Waals surface area contributed by atoms with Crippen LogP contribution in [0.4, 0.5) is 15.9 Å². The normalized spacial score (nSPS) is 10.2. The Morgan fingerprint density at radius 1 is 1.32 bits per heavy atom. The molecule has 0 fully saturated rings. The number of anilines is 2. The Morgan fingerprint density at radius 2 is 2.11 bits per heavy atom. The molecule has 19 heavy (non-hydrogen) atoms. The molecule has 5 N–H and O–H groups in total. The van der Waals surface area contributed by atoms with Crippen LogP contribution in [0.2, 0.25) is 0 Å². The minimum atomic E-state index is -0.714. The number of halogens is 1. The van der Waals surface area contributed by atoms with E-state index in [2.05, 4.69) is 15.5 Å². The van der Waals surface area contributed by atoms with Crippen LogP contribution < -0.4 is 16.8 Å². The Bertz CT molecular complexity index is 617. The zero-order chi connectivity index (χ0) is 13.8. The summed E-state index contributed by atoms with van der Waals surface area (Å²) >= 11 is 0. The second-order valence-electron chi connectivity index (χ2n) is 3.88. The molecule has 1 amide bonds. The molecule has 0 radical (unpaired) electrons. The zero-order valence-corrected chi connectivity index (χ0v) is 9.93. The molecule has 0 aliphatic heterocycles. The monoisotopic (exact) mass is 261 g/mol. The average molecular weight is 261 g/mol. The number of carbonyl (C=O) groups excluding carboxylic acids is 1. The molecule has 0 saturated heterocycles. The topological polar surface area (TPSA) is 107 Å². The summed E-state index contributed by atoms with van der Waals surface area (Å²) in [5, 5.41) is 10.1. The lowest BCUT2D eigenvalue weighted by molar-refractivity contribution is 0.0995. The number of primary amides is 1. The van der Waals surface area contributed by atoms with Gasteiger partial charge in [-0.3, -0.25) is 4.79 Å². The number of hydrogen-bond donors (Lipinski definition) is 3. The van der Waals surface area contributed by atoms with E-state index in [4.69, 9.17) is 11.5 Å². The van der Waals surface area contributed by atoms with Crippen LogP contribution in [0.5, 0.6) is 0 Å². The summed E-state index contributed by atoms with van der Waals surface area (Å²) in [4.78, 5) is 11.2. The van der Waals surface area contributed by atoms with E-state index in [1.807, 2.05) is 0 Å². The summed E-state index contributed by atoms with van der Waals surface area (Å²) in [6.07, 6.45) is 0. The minimum absolute atomic E-state index is 0.00870. The van der Waals surface area contributed by atoms with Crippen LogP contribution in [0.1, 0.15) is 16.1 Å². The van der Waals surface area contributed by atoms with Gasteiger partial charge in [0.25, 0.3) is 5.91 Å². The molecule has 0 spiro atoms. The lowest BCUT2D eigenvalue weighted by Gasteiger charge is -2.09. The summed E-state index contributed by atoms with van der Waals surface area (Å²) in [6.45, 7) is 0.309. The molecular formula is C12H12FN5O. The van der Waals surface area contributed by atoms with Gasteiger partial charge < -0.3 is 16.8 Å². The Labute approximate surface area is 108 Å². The van der Waals surface area contributed by atoms with E-state index in [0.717, 1.165) is 0 Å². The average Bonchev–Trinajstić information content (AvgIpc) is 2.36. The summed E-state index contributed by atoms with van der Waals surface area (Å²) in [7, 11) is 0. The third-order valence-corrected chi connectivity index (χ3v) is 2.42. The van der Waals surface area contributed by atoms with Crippen LogP contribution in [0.3, 0.4) is 0 Å². The first-order valence-corrected chi connectivity index (χ1v) is 5.47. The third kappa shape index (κ3) is 3.15. The van der Waals surface area contributed by atoms with Gasteiger partial charge in [-0.2, -0.15) is 0 Å². The molecule has 1 aromatic carbocycles. The van der Waals surface area contributed by atoms with Crippen LogP contribution in [-0.4, -0.2) is 16.1 Å².